The van der Waals surface area contributed by atoms with Gasteiger partial charge in [0.25, 0.3) is 11.8 Å². The fourth-order valence-corrected chi connectivity index (χ4v) is 10.6. The second kappa shape index (κ2) is 30.7. The summed E-state index contributed by atoms with van der Waals surface area (Å²) in [5, 5.41) is 22.2. The molecule has 2 aliphatic rings. The Balaban J connectivity index is 0.000000190. The number of carbonyl (C=O) groups is 6. The third kappa shape index (κ3) is 18.6. The number of carboxylic acid groups (broad SMARTS) is 1. The van der Waals surface area contributed by atoms with Crippen LogP contribution in [-0.4, -0.2) is 106 Å². The van der Waals surface area contributed by atoms with E-state index in [0.717, 1.165) is 46.5 Å². The number of carboxylic acids is 1. The number of aromatic nitrogens is 4. The molecular formula is C69H75F4N11O11. The van der Waals surface area contributed by atoms with Crippen molar-refractivity contribution in [2.45, 2.75) is 130 Å². The van der Waals surface area contributed by atoms with Crippen LogP contribution in [0.25, 0.3) is 44.1 Å². The minimum Gasteiger partial charge on any atom is -0.481 e. The van der Waals surface area contributed by atoms with Crippen molar-refractivity contribution in [3.8, 4) is 22.3 Å². The Hall–Kier alpha value is -10.2. The van der Waals surface area contributed by atoms with E-state index in [1.54, 1.807) is 87.7 Å². The molecular weight excluding hydrogens is 1230 g/mol. The zero-order valence-corrected chi connectivity index (χ0v) is 53.3. The monoisotopic (exact) mass is 1310 g/mol. The number of esters is 2. The van der Waals surface area contributed by atoms with Crippen LogP contribution in [0.5, 0.6) is 0 Å². The summed E-state index contributed by atoms with van der Waals surface area (Å²) < 4.78 is 71.7. The van der Waals surface area contributed by atoms with Crippen LogP contribution in [-0.2, 0) is 68.0 Å². The normalized spacial score (nSPS) is 13.1. The Kier molecular flexibility index (Phi) is 22.9. The van der Waals surface area contributed by atoms with Crippen molar-refractivity contribution in [3.63, 3.8) is 0 Å². The number of rotatable bonds is 18. The number of anilines is 2. The van der Waals surface area contributed by atoms with Crippen LogP contribution >= 0.6 is 0 Å². The predicted octanol–water partition coefficient (Wildman–Crippen LogP) is 9.95. The Morgan fingerprint density at radius 2 is 1.04 bits per heavy atom. The van der Waals surface area contributed by atoms with Crippen LogP contribution < -0.4 is 28.3 Å². The molecule has 2 aromatic heterocycles. The highest BCUT2D eigenvalue weighted by Crippen LogP contribution is 2.35. The highest BCUT2D eigenvalue weighted by Gasteiger charge is 2.31. The summed E-state index contributed by atoms with van der Waals surface area (Å²) in [4.78, 5) is 93.9. The summed E-state index contributed by atoms with van der Waals surface area (Å²) in [6.45, 7) is 12.1. The zero-order valence-electron chi connectivity index (χ0n) is 53.3. The van der Waals surface area contributed by atoms with Crippen LogP contribution in [0.1, 0.15) is 128 Å². The number of ether oxygens (including phenoxy) is 3. The molecule has 2 atom stereocenters. The second-order valence-electron chi connectivity index (χ2n) is 24.7. The number of amides is 3. The zero-order chi connectivity index (χ0) is 69.1. The van der Waals surface area contributed by atoms with Crippen molar-refractivity contribution >= 4 is 69.5 Å². The fourth-order valence-electron chi connectivity index (χ4n) is 10.6. The van der Waals surface area contributed by atoms with Gasteiger partial charge in [-0.1, -0.05) is 60.7 Å². The van der Waals surface area contributed by atoms with Crippen LogP contribution in [0.15, 0.2) is 109 Å². The first-order valence-electron chi connectivity index (χ1n) is 30.5. The lowest BCUT2D eigenvalue weighted by molar-refractivity contribution is -0.160. The number of aliphatic hydroxyl groups excluding tert-OH is 1. The van der Waals surface area contributed by atoms with Crippen LogP contribution in [0, 0.1) is 29.2 Å². The molecule has 95 heavy (non-hydrogen) atoms. The Labute approximate surface area is 545 Å². The predicted molar refractivity (Wildman–Crippen MR) is 346 cm³/mol. The molecule has 4 heterocycles. The summed E-state index contributed by atoms with van der Waals surface area (Å²) in [5.41, 5.74) is 29.2. The summed E-state index contributed by atoms with van der Waals surface area (Å²) in [6, 6.07) is 28.5. The van der Waals surface area contributed by atoms with Crippen molar-refractivity contribution < 1.29 is 70.8 Å². The van der Waals surface area contributed by atoms with Gasteiger partial charge >= 0.3 is 24.0 Å². The Bertz CT molecular complexity index is 4150. The number of nitrogens with one attached hydrogen (secondary N) is 1. The number of nitrogen functional groups attached to an aromatic ring is 2. The molecule has 8 aromatic rings. The van der Waals surface area contributed by atoms with E-state index in [9.17, 15) is 51.4 Å². The van der Waals surface area contributed by atoms with Gasteiger partial charge in [0.1, 0.15) is 35.2 Å². The molecule has 22 nitrogen and oxygen atoms in total. The van der Waals surface area contributed by atoms with Crippen molar-refractivity contribution in [2.75, 3.05) is 24.6 Å². The number of aliphatic carboxylic acids is 1. The molecule has 26 heteroatoms. The SMILES string of the molecule is CC(C)(C)OC(=O)C[C@@H](CCCNC(=O)OC(C)(C)C)C(=O)O.NCCC[C@H](N)C(=O)OCc1cc(F)c(F)cc1-c1ccc2nc(N)nc(C(=O)N3Cc4ccccc4C3)c2c1.Nc1nc(C(=O)N2Cc3ccccc3C2)c2cc(-c3cc(F)c(F)cc3CO)ccc2n1. The van der Waals surface area contributed by atoms with E-state index in [1.807, 2.05) is 48.5 Å². The van der Waals surface area contributed by atoms with Crippen LogP contribution in [0.3, 0.4) is 0 Å². The van der Waals surface area contributed by atoms with E-state index in [2.05, 4.69) is 25.3 Å². The van der Waals surface area contributed by atoms with Crippen molar-refractivity contribution in [1.29, 1.82) is 0 Å². The molecule has 0 aliphatic carbocycles. The summed E-state index contributed by atoms with van der Waals surface area (Å²) in [7, 11) is 0. The van der Waals surface area contributed by atoms with E-state index in [-0.39, 0.29) is 77.8 Å². The molecule has 10 rings (SSSR count). The minimum atomic E-state index is -1.09. The molecule has 6 aromatic carbocycles. The Morgan fingerprint density at radius 3 is 1.47 bits per heavy atom. The molecule has 0 saturated carbocycles. The number of carbonyl (C=O) groups excluding carboxylic acids is 5. The average molecular weight is 1310 g/mol. The van der Waals surface area contributed by atoms with E-state index >= 15 is 0 Å². The van der Waals surface area contributed by atoms with Gasteiger partial charge in [-0.05, 0) is 172 Å². The quantitative estimate of drug-likeness (QED) is 0.0182. The van der Waals surface area contributed by atoms with E-state index < -0.39 is 77.0 Å². The van der Waals surface area contributed by atoms with Gasteiger partial charge in [-0.3, -0.25) is 24.0 Å². The maximum absolute atomic E-state index is 14.4. The molecule has 0 saturated heterocycles. The van der Waals surface area contributed by atoms with E-state index in [1.165, 1.54) is 0 Å². The molecule has 0 unspecified atom stereocenters. The van der Waals surface area contributed by atoms with Crippen molar-refractivity contribution in [3.05, 3.63) is 177 Å². The second-order valence-corrected chi connectivity index (χ2v) is 24.7. The van der Waals surface area contributed by atoms with Gasteiger partial charge in [0.05, 0.1) is 30.0 Å². The Morgan fingerprint density at radius 1 is 0.600 bits per heavy atom. The van der Waals surface area contributed by atoms with Crippen molar-refractivity contribution in [1.82, 2.24) is 35.1 Å². The van der Waals surface area contributed by atoms with Crippen LogP contribution in [0.2, 0.25) is 0 Å². The number of hydrogen-bond acceptors (Lipinski definition) is 18. The molecule has 0 fully saturated rings. The molecule has 3 amide bonds. The first-order chi connectivity index (χ1) is 45.0. The number of alkyl carbamates (subject to hydrolysis) is 1. The molecule has 0 bridgehead atoms. The van der Waals surface area contributed by atoms with E-state index in [0.29, 0.717) is 90.5 Å². The smallest absolute Gasteiger partial charge is 0.407 e. The lowest BCUT2D eigenvalue weighted by Crippen LogP contribution is -2.33. The van der Waals surface area contributed by atoms with E-state index in [4.69, 9.17) is 42.3 Å². The topological polar surface area (TPSA) is 345 Å². The number of hydrogen-bond donors (Lipinski definition) is 7. The van der Waals surface area contributed by atoms with Gasteiger partial charge in [-0.2, -0.15) is 0 Å². The average Bonchev–Trinajstić information content (AvgIpc) is 1.79. The van der Waals surface area contributed by atoms with Crippen LogP contribution in [0.4, 0.5) is 34.3 Å². The maximum atomic E-state index is 14.4. The molecule has 0 spiro atoms. The highest BCUT2D eigenvalue weighted by molar-refractivity contribution is 6.07. The van der Waals surface area contributed by atoms with Gasteiger partial charge < -0.3 is 62.5 Å². The fraction of sp³-hybridized carbons (Fsp3) is 0.333. The number of benzene rings is 6. The van der Waals surface area contributed by atoms with Gasteiger partial charge in [0.15, 0.2) is 23.3 Å². The third-order valence-electron chi connectivity index (χ3n) is 15.1. The summed E-state index contributed by atoms with van der Waals surface area (Å²) in [6.07, 6.45) is 0.854. The largest absolute Gasteiger partial charge is 0.481 e. The minimum absolute atomic E-state index is 0.0332. The van der Waals surface area contributed by atoms with Gasteiger partial charge in [-0.25, -0.2) is 42.3 Å². The number of fused-ring (bicyclic) bond motifs is 4. The lowest BCUT2D eigenvalue weighted by Gasteiger charge is -2.21. The first kappa shape index (κ1) is 70.7. The van der Waals surface area contributed by atoms with Gasteiger partial charge in [0.2, 0.25) is 11.9 Å². The molecule has 2 aliphatic heterocycles. The summed E-state index contributed by atoms with van der Waals surface area (Å²) >= 11 is 0. The summed E-state index contributed by atoms with van der Waals surface area (Å²) in [5.74, 6) is -8.07. The molecule has 11 N–H and O–H groups in total. The lowest BCUT2D eigenvalue weighted by atomic mass is 9.97. The number of nitrogens with zero attached hydrogens (tertiary/aromatic N) is 6. The number of halogens is 4. The standard InChI is InChI=1S/C29H28F2N6O3.C24H18F2N4O2.C16H29NO6/c30-22-11-19(15-40-28(39)24(33)6-3-9-32)20(12-23(22)31)16-7-8-25-21(10-16)26(36-29(34)35-25)27(38)37-13-17-4-1-2-5-18(17)14-37;25-19-8-16(12-31)17(9-20(19)26)13-5-6-21-18(7-13)22(29-24(27)28-21)23(32)30-10-14-3-1-2-4-15(14)11-30;1-15(2,3)22-12(18)10-11(13(19)20)8-7-9-17-14(21)23-16(4,5)6/h1-2,4-5,7-8,10-12,24H,3,6,9,13-15,32-33H2,(H2,34,35,36);1-9,31H,10-12H2,(H2,27,28,29);11H,7-10H2,1-6H3,(H,17,21)(H,19,20)/t24-;;11-/m0.1/s1. The first-order valence-corrected chi connectivity index (χ1v) is 30.5. The van der Waals surface area contributed by atoms with Crippen molar-refractivity contribution in [2.24, 2.45) is 17.4 Å². The van der Waals surface area contributed by atoms with Gasteiger partial charge in [0, 0.05) is 49.1 Å². The number of nitrogens with two attached hydrogens (primary N) is 4. The highest BCUT2D eigenvalue weighted by atomic mass is 19.2. The molecule has 0 radical (unpaired) electrons. The maximum Gasteiger partial charge on any atom is 0.407 e. The third-order valence-corrected chi connectivity index (χ3v) is 15.1. The number of aliphatic hydroxyl groups is 1. The molecule has 500 valence electrons. The van der Waals surface area contributed by atoms with Gasteiger partial charge in [-0.15, -0.1) is 0 Å².